The van der Waals surface area contributed by atoms with E-state index >= 15 is 0 Å². The van der Waals surface area contributed by atoms with Gasteiger partial charge in [-0.1, -0.05) is 45.7 Å². The zero-order valence-corrected chi connectivity index (χ0v) is 13.8. The summed E-state index contributed by atoms with van der Waals surface area (Å²) in [4.78, 5) is 0. The first-order valence-corrected chi connectivity index (χ1v) is 8.13. The first-order valence-electron chi connectivity index (χ1n) is 8.13. The summed E-state index contributed by atoms with van der Waals surface area (Å²) in [6.07, 6.45) is 4.84. The first kappa shape index (κ1) is 18.0. The van der Waals surface area contributed by atoms with Gasteiger partial charge in [-0.25, -0.2) is 0 Å². The predicted octanol–water partition coefficient (Wildman–Crippen LogP) is 3.53. The fourth-order valence-electron chi connectivity index (χ4n) is 2.85. The molecule has 120 valence electrons. The molecule has 0 aromatic heterocycles. The lowest BCUT2D eigenvalue weighted by Crippen LogP contribution is -2.25. The van der Waals surface area contributed by atoms with Gasteiger partial charge in [0.15, 0.2) is 0 Å². The van der Waals surface area contributed by atoms with E-state index in [1.807, 2.05) is 24.3 Å². The highest BCUT2D eigenvalue weighted by Gasteiger charge is 2.23. The standard InChI is InChI=1S/C18H31NO2/c1-4-9-18(3,10-5-2)14-21-17-8-6-7-15(12-17)11-16(20)13-19/h6-8,12,16,20H,4-5,9-11,13-14,19H2,1-3H3. The molecule has 0 amide bonds. The quantitative estimate of drug-likeness (QED) is 0.694. The average Bonchev–Trinajstić information content (AvgIpc) is 2.46. The lowest BCUT2D eigenvalue weighted by Gasteiger charge is -2.29. The van der Waals surface area contributed by atoms with Gasteiger partial charge in [0.1, 0.15) is 5.75 Å². The molecule has 0 aliphatic rings. The number of benzene rings is 1. The molecule has 1 unspecified atom stereocenters. The molecular formula is C18H31NO2. The normalized spacial score (nSPS) is 13.2. The number of ether oxygens (including phenoxy) is 1. The highest BCUT2D eigenvalue weighted by atomic mass is 16.5. The van der Waals surface area contributed by atoms with E-state index in [1.54, 1.807) is 0 Å². The van der Waals surface area contributed by atoms with E-state index in [1.165, 1.54) is 25.7 Å². The summed E-state index contributed by atoms with van der Waals surface area (Å²) < 4.78 is 6.02. The molecule has 1 rings (SSSR count). The summed E-state index contributed by atoms with van der Waals surface area (Å²) in [6.45, 7) is 7.79. The van der Waals surface area contributed by atoms with E-state index < -0.39 is 6.10 Å². The van der Waals surface area contributed by atoms with Crippen LogP contribution in [0.1, 0.15) is 52.0 Å². The molecule has 0 spiro atoms. The molecule has 1 aromatic carbocycles. The summed E-state index contributed by atoms with van der Waals surface area (Å²) in [5.74, 6) is 0.884. The van der Waals surface area contributed by atoms with E-state index in [2.05, 4.69) is 20.8 Å². The Hall–Kier alpha value is -1.06. The van der Waals surface area contributed by atoms with Crippen LogP contribution in [0.5, 0.6) is 5.75 Å². The molecule has 0 radical (unpaired) electrons. The van der Waals surface area contributed by atoms with E-state index in [4.69, 9.17) is 10.5 Å². The molecule has 0 saturated carbocycles. The lowest BCUT2D eigenvalue weighted by atomic mass is 9.82. The zero-order chi connectivity index (χ0) is 15.7. The maximum absolute atomic E-state index is 9.64. The predicted molar refractivity (Wildman–Crippen MR) is 88.6 cm³/mol. The number of hydrogen-bond acceptors (Lipinski definition) is 3. The van der Waals surface area contributed by atoms with Crippen LogP contribution in [-0.2, 0) is 6.42 Å². The molecule has 0 heterocycles. The molecular weight excluding hydrogens is 262 g/mol. The van der Waals surface area contributed by atoms with Crippen LogP contribution in [0.15, 0.2) is 24.3 Å². The van der Waals surface area contributed by atoms with Crippen molar-refractivity contribution in [2.45, 2.75) is 59.0 Å². The van der Waals surface area contributed by atoms with Crippen molar-refractivity contribution in [2.75, 3.05) is 13.2 Å². The zero-order valence-electron chi connectivity index (χ0n) is 13.8. The number of aliphatic hydroxyl groups is 1. The second kappa shape index (κ2) is 9.06. The highest BCUT2D eigenvalue weighted by Crippen LogP contribution is 2.30. The first-order chi connectivity index (χ1) is 10.0. The van der Waals surface area contributed by atoms with Crippen molar-refractivity contribution >= 4 is 0 Å². The second-order valence-electron chi connectivity index (χ2n) is 6.34. The van der Waals surface area contributed by atoms with Crippen LogP contribution in [0.3, 0.4) is 0 Å². The molecule has 21 heavy (non-hydrogen) atoms. The Balaban J connectivity index is 2.63. The molecule has 0 aliphatic carbocycles. The van der Waals surface area contributed by atoms with Crippen LogP contribution in [0.2, 0.25) is 0 Å². The van der Waals surface area contributed by atoms with Crippen molar-refractivity contribution in [2.24, 2.45) is 11.1 Å². The number of hydrogen-bond donors (Lipinski definition) is 2. The summed E-state index contributed by atoms with van der Waals surface area (Å²) in [7, 11) is 0. The monoisotopic (exact) mass is 293 g/mol. The number of nitrogens with two attached hydrogens (primary N) is 1. The van der Waals surface area contributed by atoms with Gasteiger partial charge in [-0.2, -0.15) is 0 Å². The van der Waals surface area contributed by atoms with Gasteiger partial charge < -0.3 is 15.6 Å². The van der Waals surface area contributed by atoms with Crippen LogP contribution in [0.25, 0.3) is 0 Å². The minimum absolute atomic E-state index is 0.246. The Morgan fingerprint density at radius 1 is 1.24 bits per heavy atom. The molecule has 0 saturated heterocycles. The van der Waals surface area contributed by atoms with Gasteiger partial charge in [-0.05, 0) is 37.0 Å². The van der Waals surface area contributed by atoms with Gasteiger partial charge in [-0.3, -0.25) is 0 Å². The molecule has 0 fully saturated rings. The summed E-state index contributed by atoms with van der Waals surface area (Å²) in [5.41, 5.74) is 6.77. The maximum atomic E-state index is 9.64. The van der Waals surface area contributed by atoms with Crippen LogP contribution < -0.4 is 10.5 Å². The van der Waals surface area contributed by atoms with Crippen LogP contribution in [-0.4, -0.2) is 24.4 Å². The van der Waals surface area contributed by atoms with Crippen molar-refractivity contribution in [1.29, 1.82) is 0 Å². The summed E-state index contributed by atoms with van der Waals surface area (Å²) in [6, 6.07) is 7.97. The van der Waals surface area contributed by atoms with E-state index in [-0.39, 0.29) is 12.0 Å². The Labute approximate surface area is 129 Å². The molecule has 1 atom stereocenters. The van der Waals surface area contributed by atoms with Crippen molar-refractivity contribution in [1.82, 2.24) is 0 Å². The fourth-order valence-corrected chi connectivity index (χ4v) is 2.85. The van der Waals surface area contributed by atoms with Gasteiger partial charge in [0, 0.05) is 12.0 Å². The van der Waals surface area contributed by atoms with Gasteiger partial charge in [0.2, 0.25) is 0 Å². The molecule has 0 bridgehead atoms. The van der Waals surface area contributed by atoms with Gasteiger partial charge >= 0.3 is 0 Å². The topological polar surface area (TPSA) is 55.5 Å². The van der Waals surface area contributed by atoms with Gasteiger partial charge in [0.25, 0.3) is 0 Å². The third-order valence-corrected chi connectivity index (χ3v) is 3.94. The number of aliphatic hydroxyl groups excluding tert-OH is 1. The summed E-state index contributed by atoms with van der Waals surface area (Å²) >= 11 is 0. The smallest absolute Gasteiger partial charge is 0.119 e. The van der Waals surface area contributed by atoms with Gasteiger partial charge in [0.05, 0.1) is 12.7 Å². The molecule has 3 N–H and O–H groups in total. The minimum Gasteiger partial charge on any atom is -0.493 e. The second-order valence-corrected chi connectivity index (χ2v) is 6.34. The molecule has 3 heteroatoms. The van der Waals surface area contributed by atoms with E-state index in [9.17, 15) is 5.11 Å². The fraction of sp³-hybridized carbons (Fsp3) is 0.667. The molecule has 3 nitrogen and oxygen atoms in total. The van der Waals surface area contributed by atoms with Crippen LogP contribution >= 0.6 is 0 Å². The number of rotatable bonds is 10. The van der Waals surface area contributed by atoms with E-state index in [0.29, 0.717) is 6.42 Å². The van der Waals surface area contributed by atoms with E-state index in [0.717, 1.165) is 17.9 Å². The van der Waals surface area contributed by atoms with Crippen LogP contribution in [0.4, 0.5) is 0 Å². The minimum atomic E-state index is -0.481. The molecule has 0 aliphatic heterocycles. The maximum Gasteiger partial charge on any atom is 0.119 e. The SMILES string of the molecule is CCCC(C)(CCC)COc1cccc(CC(O)CN)c1. The van der Waals surface area contributed by atoms with Crippen molar-refractivity contribution < 1.29 is 9.84 Å². The largest absolute Gasteiger partial charge is 0.493 e. The Morgan fingerprint density at radius 3 is 2.48 bits per heavy atom. The van der Waals surface area contributed by atoms with Crippen molar-refractivity contribution in [3.05, 3.63) is 29.8 Å². The summed E-state index contributed by atoms with van der Waals surface area (Å²) in [5, 5.41) is 9.64. The lowest BCUT2D eigenvalue weighted by molar-refractivity contribution is 0.138. The Morgan fingerprint density at radius 2 is 1.90 bits per heavy atom. The third kappa shape index (κ3) is 6.49. The third-order valence-electron chi connectivity index (χ3n) is 3.94. The van der Waals surface area contributed by atoms with Gasteiger partial charge in [-0.15, -0.1) is 0 Å². The van der Waals surface area contributed by atoms with Crippen molar-refractivity contribution in [3.8, 4) is 5.75 Å². The molecule has 1 aromatic rings. The Bertz CT molecular complexity index is 400. The van der Waals surface area contributed by atoms with Crippen molar-refractivity contribution in [3.63, 3.8) is 0 Å². The Kier molecular flexibility index (Phi) is 7.76. The highest BCUT2D eigenvalue weighted by molar-refractivity contribution is 5.29. The van der Waals surface area contributed by atoms with Crippen LogP contribution in [0, 0.1) is 5.41 Å². The average molecular weight is 293 g/mol.